The Kier molecular flexibility index (Phi) is 4.42. The molecule has 2 heteroatoms. The third-order valence-corrected chi connectivity index (χ3v) is 4.00. The van der Waals surface area contributed by atoms with E-state index in [9.17, 15) is 5.11 Å². The molecule has 1 aromatic rings. The normalized spacial score (nSPS) is 26.4. The fourth-order valence-electron chi connectivity index (χ4n) is 2.57. The molecule has 1 aromatic carbocycles. The van der Waals surface area contributed by atoms with E-state index in [1.165, 1.54) is 31.2 Å². The van der Waals surface area contributed by atoms with Gasteiger partial charge in [-0.25, -0.2) is 0 Å². The Balaban J connectivity index is 2.02. The second-order valence-corrected chi connectivity index (χ2v) is 5.72. The largest absolute Gasteiger partial charge is 0.393 e. The van der Waals surface area contributed by atoms with Gasteiger partial charge in [-0.2, -0.15) is 0 Å². The van der Waals surface area contributed by atoms with Crippen LogP contribution >= 0.6 is 15.9 Å². The summed E-state index contributed by atoms with van der Waals surface area (Å²) in [5, 5.41) is 10.1. The Morgan fingerprint density at radius 2 is 2.00 bits per heavy atom. The minimum Gasteiger partial charge on any atom is -0.393 e. The standard InChI is InChI=1S/C14H19BrO/c15-13-7-4-5-11(10-13)9-12-6-2-1-3-8-14(12)16/h4-5,7,10,12,14,16H,1-3,6,8-9H2. The summed E-state index contributed by atoms with van der Waals surface area (Å²) in [6.07, 6.45) is 6.83. The Labute approximate surface area is 106 Å². The van der Waals surface area contributed by atoms with E-state index >= 15 is 0 Å². The number of halogens is 1. The SMILES string of the molecule is OC1CCCCCC1Cc1cccc(Br)c1. The maximum absolute atomic E-state index is 10.1. The van der Waals surface area contributed by atoms with Crippen molar-refractivity contribution < 1.29 is 5.11 Å². The first-order valence-corrected chi connectivity index (χ1v) is 6.97. The lowest BCUT2D eigenvalue weighted by atomic mass is 9.90. The molecule has 0 radical (unpaired) electrons. The average molecular weight is 283 g/mol. The van der Waals surface area contributed by atoms with Gasteiger partial charge < -0.3 is 5.11 Å². The molecule has 1 aliphatic carbocycles. The number of rotatable bonds is 2. The van der Waals surface area contributed by atoms with Crippen LogP contribution in [0.5, 0.6) is 0 Å². The summed E-state index contributed by atoms with van der Waals surface area (Å²) in [7, 11) is 0. The van der Waals surface area contributed by atoms with Gasteiger partial charge in [0.05, 0.1) is 6.10 Å². The van der Waals surface area contributed by atoms with Crippen molar-refractivity contribution in [1.82, 2.24) is 0 Å². The number of aliphatic hydroxyl groups is 1. The van der Waals surface area contributed by atoms with Gasteiger partial charge in [0.1, 0.15) is 0 Å². The summed E-state index contributed by atoms with van der Waals surface area (Å²) in [5.74, 6) is 0.455. The summed E-state index contributed by atoms with van der Waals surface area (Å²) < 4.78 is 1.13. The van der Waals surface area contributed by atoms with Gasteiger partial charge in [-0.3, -0.25) is 0 Å². The zero-order chi connectivity index (χ0) is 11.4. The molecule has 1 aliphatic rings. The van der Waals surface area contributed by atoms with Crippen LogP contribution in [0.1, 0.15) is 37.7 Å². The quantitative estimate of drug-likeness (QED) is 0.815. The zero-order valence-electron chi connectivity index (χ0n) is 9.53. The summed E-state index contributed by atoms with van der Waals surface area (Å²) in [4.78, 5) is 0. The maximum Gasteiger partial charge on any atom is 0.0571 e. The molecule has 1 saturated carbocycles. The molecule has 0 amide bonds. The second kappa shape index (κ2) is 5.83. The molecule has 16 heavy (non-hydrogen) atoms. The van der Waals surface area contributed by atoms with Crippen LogP contribution in [0.2, 0.25) is 0 Å². The molecule has 1 N–H and O–H groups in total. The van der Waals surface area contributed by atoms with Crippen molar-refractivity contribution in [2.45, 2.75) is 44.6 Å². The Hall–Kier alpha value is -0.340. The van der Waals surface area contributed by atoms with Crippen molar-refractivity contribution >= 4 is 15.9 Å². The van der Waals surface area contributed by atoms with Gasteiger partial charge in [0, 0.05) is 4.47 Å². The number of aliphatic hydroxyl groups excluding tert-OH is 1. The first-order chi connectivity index (χ1) is 7.75. The summed E-state index contributed by atoms with van der Waals surface area (Å²) in [6.45, 7) is 0. The predicted octanol–water partition coefficient (Wildman–Crippen LogP) is 3.93. The molecule has 0 heterocycles. The van der Waals surface area contributed by atoms with Gasteiger partial charge in [0.25, 0.3) is 0 Å². The molecule has 0 spiro atoms. The smallest absolute Gasteiger partial charge is 0.0571 e. The molecular weight excluding hydrogens is 264 g/mol. The van der Waals surface area contributed by atoms with Crippen molar-refractivity contribution in [3.8, 4) is 0 Å². The van der Waals surface area contributed by atoms with E-state index < -0.39 is 0 Å². The molecule has 2 unspecified atom stereocenters. The third-order valence-electron chi connectivity index (χ3n) is 3.51. The van der Waals surface area contributed by atoms with E-state index in [4.69, 9.17) is 0 Å². The lowest BCUT2D eigenvalue weighted by molar-refractivity contribution is 0.101. The molecule has 1 fully saturated rings. The van der Waals surface area contributed by atoms with Crippen molar-refractivity contribution in [3.63, 3.8) is 0 Å². The lowest BCUT2D eigenvalue weighted by Gasteiger charge is -2.20. The maximum atomic E-state index is 10.1. The van der Waals surface area contributed by atoms with Crippen LogP contribution in [-0.4, -0.2) is 11.2 Å². The van der Waals surface area contributed by atoms with Crippen molar-refractivity contribution in [2.24, 2.45) is 5.92 Å². The molecule has 0 saturated heterocycles. The van der Waals surface area contributed by atoms with E-state index in [-0.39, 0.29) is 6.10 Å². The van der Waals surface area contributed by atoms with E-state index in [1.54, 1.807) is 0 Å². The monoisotopic (exact) mass is 282 g/mol. The van der Waals surface area contributed by atoms with Crippen LogP contribution < -0.4 is 0 Å². The molecule has 0 aromatic heterocycles. The summed E-state index contributed by atoms with van der Waals surface area (Å²) in [6, 6.07) is 8.44. The minimum absolute atomic E-state index is 0.0959. The van der Waals surface area contributed by atoms with Gasteiger partial charge in [-0.15, -0.1) is 0 Å². The Bertz CT molecular complexity index is 337. The number of hydrogen-bond acceptors (Lipinski definition) is 1. The molecule has 2 rings (SSSR count). The highest BCUT2D eigenvalue weighted by molar-refractivity contribution is 9.10. The van der Waals surface area contributed by atoms with Crippen molar-refractivity contribution in [1.29, 1.82) is 0 Å². The lowest BCUT2D eigenvalue weighted by Crippen LogP contribution is -2.20. The van der Waals surface area contributed by atoms with Gasteiger partial charge >= 0.3 is 0 Å². The van der Waals surface area contributed by atoms with E-state index in [0.717, 1.165) is 17.3 Å². The number of hydrogen-bond donors (Lipinski definition) is 1. The van der Waals surface area contributed by atoms with Crippen molar-refractivity contribution in [2.75, 3.05) is 0 Å². The van der Waals surface area contributed by atoms with E-state index in [0.29, 0.717) is 5.92 Å². The van der Waals surface area contributed by atoms with Crippen LogP contribution in [-0.2, 0) is 6.42 Å². The average Bonchev–Trinajstić information content (AvgIpc) is 2.45. The highest BCUT2D eigenvalue weighted by atomic mass is 79.9. The first kappa shape index (κ1) is 12.1. The van der Waals surface area contributed by atoms with Crippen LogP contribution in [0.3, 0.4) is 0 Å². The minimum atomic E-state index is -0.0959. The molecule has 0 aliphatic heterocycles. The fourth-order valence-corrected chi connectivity index (χ4v) is 3.02. The third kappa shape index (κ3) is 3.33. The highest BCUT2D eigenvalue weighted by Gasteiger charge is 2.21. The van der Waals surface area contributed by atoms with Gasteiger partial charge in [-0.1, -0.05) is 47.3 Å². The van der Waals surface area contributed by atoms with Crippen LogP contribution in [0.25, 0.3) is 0 Å². The van der Waals surface area contributed by atoms with Crippen molar-refractivity contribution in [3.05, 3.63) is 34.3 Å². The Morgan fingerprint density at radius 3 is 2.81 bits per heavy atom. The molecule has 88 valence electrons. The second-order valence-electron chi connectivity index (χ2n) is 4.80. The Morgan fingerprint density at radius 1 is 1.19 bits per heavy atom. The van der Waals surface area contributed by atoms with Crippen LogP contribution in [0.15, 0.2) is 28.7 Å². The predicted molar refractivity (Wildman–Crippen MR) is 70.4 cm³/mol. The fraction of sp³-hybridized carbons (Fsp3) is 0.571. The summed E-state index contributed by atoms with van der Waals surface area (Å²) >= 11 is 3.50. The van der Waals surface area contributed by atoms with Crippen LogP contribution in [0, 0.1) is 5.92 Å². The number of benzene rings is 1. The molecule has 1 nitrogen and oxygen atoms in total. The van der Waals surface area contributed by atoms with Gasteiger partial charge in [-0.05, 0) is 42.9 Å². The molecule has 0 bridgehead atoms. The van der Waals surface area contributed by atoms with Gasteiger partial charge in [0.15, 0.2) is 0 Å². The van der Waals surface area contributed by atoms with E-state index in [1.807, 2.05) is 6.07 Å². The molecule has 2 atom stereocenters. The van der Waals surface area contributed by atoms with E-state index in [2.05, 4.69) is 34.1 Å². The van der Waals surface area contributed by atoms with Crippen LogP contribution in [0.4, 0.5) is 0 Å². The zero-order valence-corrected chi connectivity index (χ0v) is 11.1. The molecular formula is C14H19BrO. The first-order valence-electron chi connectivity index (χ1n) is 6.18. The van der Waals surface area contributed by atoms with Gasteiger partial charge in [0.2, 0.25) is 0 Å². The topological polar surface area (TPSA) is 20.2 Å². The highest BCUT2D eigenvalue weighted by Crippen LogP contribution is 2.27. The summed E-state index contributed by atoms with van der Waals surface area (Å²) in [5.41, 5.74) is 1.33.